The molecule has 0 fully saturated rings. The van der Waals surface area contributed by atoms with Crippen molar-refractivity contribution in [2.45, 2.75) is 77.4 Å². The van der Waals surface area contributed by atoms with E-state index in [0.717, 1.165) is 0 Å². The van der Waals surface area contributed by atoms with E-state index in [1.807, 2.05) is 0 Å². The first-order valence-electron chi connectivity index (χ1n) is 6.76. The van der Waals surface area contributed by atoms with E-state index in [0.29, 0.717) is 0 Å². The molecule has 0 bridgehead atoms. The first-order chi connectivity index (χ1) is 7.12. The Morgan fingerprint density at radius 1 is 0.867 bits per heavy atom. The van der Waals surface area contributed by atoms with Gasteiger partial charge >= 0.3 is 0 Å². The minimum Gasteiger partial charge on any atom is -0.107 e. The molecule has 15 heavy (non-hydrogen) atoms. The second-order valence-corrected chi connectivity index (χ2v) is 10.3. The van der Waals surface area contributed by atoms with Gasteiger partial charge in [0.15, 0.2) is 0 Å². The normalized spacial score (nSPS) is 11.7. The fourth-order valence-electron chi connectivity index (χ4n) is 1.82. The van der Waals surface area contributed by atoms with Crippen molar-refractivity contribution in [3.8, 4) is 0 Å². The monoisotopic (exact) mass is 226 g/mol. The van der Waals surface area contributed by atoms with Gasteiger partial charge in [0.25, 0.3) is 0 Å². The molecule has 0 aromatic rings. The van der Waals surface area contributed by atoms with Crippen molar-refractivity contribution in [2.24, 2.45) is 0 Å². The summed E-state index contributed by atoms with van der Waals surface area (Å²) in [6, 6.07) is 1.44. The summed E-state index contributed by atoms with van der Waals surface area (Å²) in [6.07, 6.45) is 11.5. The van der Waals surface area contributed by atoms with Crippen molar-refractivity contribution in [2.75, 3.05) is 0 Å². The smallest absolute Gasteiger partial charge is 0.0709 e. The molecule has 0 heterocycles. The van der Waals surface area contributed by atoms with Crippen LogP contribution in [0.5, 0.6) is 0 Å². The summed E-state index contributed by atoms with van der Waals surface area (Å²) in [6.45, 7) is 11.1. The molecule has 0 aliphatic rings. The van der Waals surface area contributed by atoms with Crippen LogP contribution in [0.2, 0.25) is 19.1 Å². The third-order valence-electron chi connectivity index (χ3n) is 3.23. The predicted octanol–water partition coefficient (Wildman–Crippen LogP) is 5.56. The Balaban J connectivity index is 3.15. The van der Waals surface area contributed by atoms with Gasteiger partial charge in [-0.3, -0.25) is 0 Å². The summed E-state index contributed by atoms with van der Waals surface area (Å²) in [5, 5.41) is 0. The molecule has 1 heteroatoms. The van der Waals surface area contributed by atoms with Crippen LogP contribution in [0, 0.1) is 0 Å². The molecule has 90 valence electrons. The molecular formula is C14H30Si. The maximum Gasteiger partial charge on any atom is 0.0709 e. The van der Waals surface area contributed by atoms with Crippen LogP contribution in [0.3, 0.4) is 0 Å². The van der Waals surface area contributed by atoms with Crippen LogP contribution >= 0.6 is 0 Å². The Hall–Kier alpha value is -0.0431. The third kappa shape index (κ3) is 10.2. The van der Waals surface area contributed by atoms with Gasteiger partial charge < -0.3 is 0 Å². The molecule has 0 saturated carbocycles. The van der Waals surface area contributed by atoms with Gasteiger partial charge in [-0.25, -0.2) is 0 Å². The lowest BCUT2D eigenvalue weighted by Gasteiger charge is -2.16. The summed E-state index contributed by atoms with van der Waals surface area (Å²) >= 11 is 0. The van der Waals surface area contributed by atoms with Crippen LogP contribution in [0.15, 0.2) is 12.3 Å². The molecule has 0 aromatic heterocycles. The maximum atomic E-state index is 3.94. The topological polar surface area (TPSA) is 0 Å². The predicted molar refractivity (Wildman–Crippen MR) is 75.1 cm³/mol. The molecule has 0 amide bonds. The van der Waals surface area contributed by atoms with E-state index in [-0.39, 0.29) is 0 Å². The van der Waals surface area contributed by atoms with Crippen molar-refractivity contribution < 1.29 is 0 Å². The molecule has 0 N–H and O–H groups in total. The first-order valence-corrected chi connectivity index (χ1v) is 10.0. The van der Waals surface area contributed by atoms with E-state index in [1.165, 1.54) is 57.4 Å². The maximum absolute atomic E-state index is 3.94. The van der Waals surface area contributed by atoms with Gasteiger partial charge in [0, 0.05) is 0 Å². The van der Waals surface area contributed by atoms with Gasteiger partial charge in [-0.05, 0) is 0 Å². The van der Waals surface area contributed by atoms with Gasteiger partial charge in [0.05, 0.1) is 8.07 Å². The molecule has 0 nitrogen and oxygen atoms in total. The van der Waals surface area contributed by atoms with Crippen LogP contribution in [0.4, 0.5) is 0 Å². The Kier molecular flexibility index (Phi) is 9.18. The minimum atomic E-state index is -0.995. The number of unbranched alkanes of at least 4 members (excludes halogenated alkanes) is 7. The van der Waals surface area contributed by atoms with Crippen molar-refractivity contribution in [1.29, 1.82) is 0 Å². The highest BCUT2D eigenvalue weighted by Gasteiger charge is 2.14. The molecule has 0 radical (unpaired) electrons. The number of rotatable bonds is 10. The highest BCUT2D eigenvalue weighted by atomic mass is 28.3. The standard InChI is InChI=1S/C14H30Si/c1-5-7-8-9-10-11-12-13-14-15(3,4)6-2/h6H,2,5,7-14H2,1,3-4H3. The highest BCUT2D eigenvalue weighted by molar-refractivity contribution is 6.82. The molecule has 0 aliphatic heterocycles. The lowest BCUT2D eigenvalue weighted by molar-refractivity contribution is 0.584. The lowest BCUT2D eigenvalue weighted by Crippen LogP contribution is -2.21. The molecule has 0 aliphatic carbocycles. The van der Waals surface area contributed by atoms with Crippen LogP contribution in [-0.4, -0.2) is 8.07 Å². The van der Waals surface area contributed by atoms with E-state index < -0.39 is 8.07 Å². The van der Waals surface area contributed by atoms with Gasteiger partial charge in [-0.1, -0.05) is 77.4 Å². The largest absolute Gasteiger partial charge is 0.107 e. The molecule has 0 aromatic carbocycles. The Morgan fingerprint density at radius 3 is 1.80 bits per heavy atom. The van der Waals surface area contributed by atoms with Crippen molar-refractivity contribution in [3.05, 3.63) is 12.3 Å². The third-order valence-corrected chi connectivity index (χ3v) is 5.97. The van der Waals surface area contributed by atoms with E-state index in [9.17, 15) is 0 Å². The average molecular weight is 226 g/mol. The van der Waals surface area contributed by atoms with Gasteiger partial charge in [-0.2, -0.15) is 0 Å². The molecular weight excluding hydrogens is 196 g/mol. The fraction of sp³-hybridized carbons (Fsp3) is 0.857. The Morgan fingerprint density at radius 2 is 1.33 bits per heavy atom. The van der Waals surface area contributed by atoms with Crippen molar-refractivity contribution in [3.63, 3.8) is 0 Å². The van der Waals surface area contributed by atoms with Crippen LogP contribution in [-0.2, 0) is 0 Å². The second-order valence-electron chi connectivity index (χ2n) is 5.42. The zero-order valence-corrected chi connectivity index (χ0v) is 12.1. The molecule has 0 unspecified atom stereocenters. The van der Waals surface area contributed by atoms with Crippen LogP contribution in [0.1, 0.15) is 58.3 Å². The number of hydrogen-bond donors (Lipinski definition) is 0. The molecule has 0 spiro atoms. The summed E-state index contributed by atoms with van der Waals surface area (Å²) < 4.78 is 0. The average Bonchev–Trinajstić information content (AvgIpc) is 2.22. The Labute approximate surface area is 98.2 Å². The zero-order chi connectivity index (χ0) is 11.6. The summed E-state index contributed by atoms with van der Waals surface area (Å²) in [5.74, 6) is 0. The first kappa shape index (κ1) is 15.0. The lowest BCUT2D eigenvalue weighted by atomic mass is 10.1. The van der Waals surface area contributed by atoms with Gasteiger partial charge in [0.2, 0.25) is 0 Å². The minimum absolute atomic E-state index is 0.995. The van der Waals surface area contributed by atoms with Crippen molar-refractivity contribution >= 4 is 8.07 Å². The van der Waals surface area contributed by atoms with Crippen LogP contribution in [0.25, 0.3) is 0 Å². The van der Waals surface area contributed by atoms with Gasteiger partial charge in [0.1, 0.15) is 0 Å². The molecule has 0 atom stereocenters. The second kappa shape index (κ2) is 9.20. The summed E-state index contributed by atoms with van der Waals surface area (Å²) in [4.78, 5) is 0. The number of hydrogen-bond acceptors (Lipinski definition) is 0. The fourth-order valence-corrected chi connectivity index (χ4v) is 3.18. The zero-order valence-electron chi connectivity index (χ0n) is 11.1. The van der Waals surface area contributed by atoms with E-state index in [4.69, 9.17) is 0 Å². The van der Waals surface area contributed by atoms with E-state index >= 15 is 0 Å². The van der Waals surface area contributed by atoms with E-state index in [1.54, 1.807) is 0 Å². The molecule has 0 saturated heterocycles. The van der Waals surface area contributed by atoms with E-state index in [2.05, 4.69) is 32.3 Å². The SMILES string of the molecule is C=C[Si](C)(C)CCCCCCCCCC. The quantitative estimate of drug-likeness (QED) is 0.338. The van der Waals surface area contributed by atoms with Crippen molar-refractivity contribution in [1.82, 2.24) is 0 Å². The van der Waals surface area contributed by atoms with Crippen LogP contribution < -0.4 is 0 Å². The summed E-state index contributed by atoms with van der Waals surface area (Å²) in [5.41, 5.74) is 2.23. The highest BCUT2D eigenvalue weighted by Crippen LogP contribution is 2.16. The Bertz CT molecular complexity index is 149. The summed E-state index contributed by atoms with van der Waals surface area (Å²) in [7, 11) is -0.995. The van der Waals surface area contributed by atoms with Gasteiger partial charge in [-0.15, -0.1) is 12.3 Å². The molecule has 0 rings (SSSR count).